The maximum absolute atomic E-state index is 11.6. The molecule has 0 amide bonds. The lowest BCUT2D eigenvalue weighted by Gasteiger charge is -2.04. The van der Waals surface area contributed by atoms with Crippen molar-refractivity contribution >= 4 is 23.9 Å². The van der Waals surface area contributed by atoms with Crippen LogP contribution in [0.5, 0.6) is 0 Å². The number of ether oxygens (including phenoxy) is 2. The van der Waals surface area contributed by atoms with Crippen LogP contribution < -0.4 is 0 Å². The molecule has 0 N–H and O–H groups in total. The molecule has 6 nitrogen and oxygen atoms in total. The maximum Gasteiger partial charge on any atom is 0.324 e. The number of hydrogen-bond donors (Lipinski definition) is 0. The van der Waals surface area contributed by atoms with Gasteiger partial charge in [-0.25, -0.2) is 0 Å². The van der Waals surface area contributed by atoms with Gasteiger partial charge in [0.1, 0.15) is 6.42 Å². The van der Waals surface area contributed by atoms with Gasteiger partial charge in [0.05, 0.1) is 12.8 Å². The second-order valence-corrected chi connectivity index (χ2v) is 5.84. The van der Waals surface area contributed by atoms with E-state index in [9.17, 15) is 19.2 Å². The first-order valence-electron chi connectivity index (χ1n) is 8.58. The highest BCUT2D eigenvalue weighted by Gasteiger charge is 2.18. The molecule has 0 heterocycles. The van der Waals surface area contributed by atoms with E-state index in [0.29, 0.717) is 12.8 Å². The monoisotopic (exact) mass is 368 g/mol. The van der Waals surface area contributed by atoms with Crippen LogP contribution in [-0.4, -0.2) is 23.9 Å². The predicted molar refractivity (Wildman–Crippen MR) is 96.3 cm³/mol. The van der Waals surface area contributed by atoms with Crippen molar-refractivity contribution in [2.75, 3.05) is 0 Å². The Hall–Kier alpha value is -3.28. The molecule has 140 valence electrons. The standard InChI is InChI=1S/C21H20O6/c22-18(13-11-16-7-3-1-4-8-16)26-20(24)15-21(25)27-19(23)14-12-17-9-5-2-6-10-17/h1-10H,11-15H2. The van der Waals surface area contributed by atoms with Crippen LogP contribution >= 0.6 is 0 Å². The van der Waals surface area contributed by atoms with Crippen molar-refractivity contribution in [1.82, 2.24) is 0 Å². The fourth-order valence-corrected chi connectivity index (χ4v) is 2.33. The van der Waals surface area contributed by atoms with Gasteiger partial charge in [-0.15, -0.1) is 0 Å². The lowest BCUT2D eigenvalue weighted by atomic mass is 10.1. The van der Waals surface area contributed by atoms with Crippen molar-refractivity contribution in [3.05, 3.63) is 71.8 Å². The SMILES string of the molecule is O=C(CCc1ccccc1)OC(=O)CC(=O)OC(=O)CCc1ccccc1. The molecular weight excluding hydrogens is 348 g/mol. The number of esters is 4. The minimum atomic E-state index is -1.03. The number of rotatable bonds is 8. The number of aryl methyl sites for hydroxylation is 2. The topological polar surface area (TPSA) is 86.7 Å². The Bertz CT molecular complexity index is 715. The number of benzene rings is 2. The molecule has 2 rings (SSSR count). The normalized spacial score (nSPS) is 10.1. The van der Waals surface area contributed by atoms with E-state index in [1.165, 1.54) is 0 Å². The molecule has 0 unspecified atom stereocenters. The summed E-state index contributed by atoms with van der Waals surface area (Å²) >= 11 is 0. The van der Waals surface area contributed by atoms with Gasteiger partial charge < -0.3 is 9.47 Å². The van der Waals surface area contributed by atoms with Crippen molar-refractivity contribution in [3.8, 4) is 0 Å². The molecule has 2 aromatic carbocycles. The quantitative estimate of drug-likeness (QED) is 0.526. The zero-order valence-electron chi connectivity index (χ0n) is 14.8. The summed E-state index contributed by atoms with van der Waals surface area (Å²) in [4.78, 5) is 46.4. The van der Waals surface area contributed by atoms with E-state index in [2.05, 4.69) is 9.47 Å². The van der Waals surface area contributed by atoms with Gasteiger partial charge in [0.15, 0.2) is 0 Å². The number of carbonyl (C=O) groups excluding carboxylic acids is 4. The fraction of sp³-hybridized carbons (Fsp3) is 0.238. The second kappa shape index (κ2) is 10.7. The van der Waals surface area contributed by atoms with E-state index in [-0.39, 0.29) is 12.8 Å². The average Bonchev–Trinajstić information content (AvgIpc) is 2.66. The summed E-state index contributed by atoms with van der Waals surface area (Å²) in [6.45, 7) is 0. The van der Waals surface area contributed by atoms with Gasteiger partial charge in [-0.3, -0.25) is 19.2 Å². The molecule has 0 radical (unpaired) electrons. The first-order valence-corrected chi connectivity index (χ1v) is 8.58. The Morgan fingerprint density at radius 2 is 0.926 bits per heavy atom. The van der Waals surface area contributed by atoms with Gasteiger partial charge >= 0.3 is 23.9 Å². The number of hydrogen-bond acceptors (Lipinski definition) is 6. The predicted octanol–water partition coefficient (Wildman–Crippen LogP) is 2.78. The first-order chi connectivity index (χ1) is 13.0. The zero-order chi connectivity index (χ0) is 19.5. The summed E-state index contributed by atoms with van der Waals surface area (Å²) in [6.07, 6.45) is 0.0977. The van der Waals surface area contributed by atoms with E-state index < -0.39 is 30.3 Å². The van der Waals surface area contributed by atoms with Gasteiger partial charge in [0.25, 0.3) is 0 Å². The van der Waals surface area contributed by atoms with Crippen molar-refractivity contribution in [1.29, 1.82) is 0 Å². The smallest absolute Gasteiger partial charge is 0.324 e. The van der Waals surface area contributed by atoms with Crippen LogP contribution in [0.2, 0.25) is 0 Å². The molecule has 2 aromatic rings. The molecule has 6 heteroatoms. The van der Waals surface area contributed by atoms with Crippen LogP contribution in [0.1, 0.15) is 30.4 Å². The Kier molecular flexibility index (Phi) is 7.91. The van der Waals surface area contributed by atoms with E-state index in [1.54, 1.807) is 0 Å². The second-order valence-electron chi connectivity index (χ2n) is 5.84. The minimum Gasteiger partial charge on any atom is -0.393 e. The summed E-state index contributed by atoms with van der Waals surface area (Å²) in [7, 11) is 0. The van der Waals surface area contributed by atoms with Crippen LogP contribution in [0, 0.1) is 0 Å². The molecule has 0 aliphatic carbocycles. The molecular formula is C21H20O6. The van der Waals surface area contributed by atoms with E-state index >= 15 is 0 Å². The van der Waals surface area contributed by atoms with Crippen molar-refractivity contribution < 1.29 is 28.7 Å². The zero-order valence-corrected chi connectivity index (χ0v) is 14.8. The summed E-state index contributed by atoms with van der Waals surface area (Å²) in [6, 6.07) is 18.5. The highest BCUT2D eigenvalue weighted by Crippen LogP contribution is 2.06. The van der Waals surface area contributed by atoms with Crippen molar-refractivity contribution in [2.24, 2.45) is 0 Å². The van der Waals surface area contributed by atoms with Crippen molar-refractivity contribution in [2.45, 2.75) is 32.1 Å². The summed E-state index contributed by atoms with van der Waals surface area (Å²) in [5, 5.41) is 0. The summed E-state index contributed by atoms with van der Waals surface area (Å²) in [5.41, 5.74) is 1.87. The number of carbonyl (C=O) groups is 4. The molecule has 0 atom stereocenters. The molecule has 0 fully saturated rings. The Morgan fingerprint density at radius 1 is 0.556 bits per heavy atom. The largest absolute Gasteiger partial charge is 0.393 e. The van der Waals surface area contributed by atoms with Crippen LogP contribution in [0.15, 0.2) is 60.7 Å². The lowest BCUT2D eigenvalue weighted by Crippen LogP contribution is -2.20. The molecule has 0 saturated carbocycles. The Balaban J connectivity index is 1.64. The van der Waals surface area contributed by atoms with Crippen LogP contribution in [0.3, 0.4) is 0 Å². The molecule has 0 saturated heterocycles. The maximum atomic E-state index is 11.6. The minimum absolute atomic E-state index is 0.0147. The third-order valence-corrected chi connectivity index (χ3v) is 3.67. The molecule has 0 spiro atoms. The lowest BCUT2D eigenvalue weighted by molar-refractivity contribution is -0.165. The first kappa shape index (κ1) is 20.0. The van der Waals surface area contributed by atoms with Crippen LogP contribution in [-0.2, 0) is 41.5 Å². The average molecular weight is 368 g/mol. The molecule has 0 aromatic heterocycles. The summed E-state index contributed by atoms with van der Waals surface area (Å²) < 4.78 is 9.13. The highest BCUT2D eigenvalue weighted by molar-refractivity contribution is 5.99. The third kappa shape index (κ3) is 8.09. The fourth-order valence-electron chi connectivity index (χ4n) is 2.33. The van der Waals surface area contributed by atoms with E-state index in [1.807, 2.05) is 60.7 Å². The molecule has 27 heavy (non-hydrogen) atoms. The van der Waals surface area contributed by atoms with Gasteiger partial charge in [-0.1, -0.05) is 60.7 Å². The highest BCUT2D eigenvalue weighted by atomic mass is 16.6. The van der Waals surface area contributed by atoms with Crippen LogP contribution in [0.25, 0.3) is 0 Å². The van der Waals surface area contributed by atoms with Gasteiger partial charge in [0, 0.05) is 0 Å². The molecule has 0 aliphatic heterocycles. The van der Waals surface area contributed by atoms with Gasteiger partial charge in [0.2, 0.25) is 0 Å². The molecule has 0 bridgehead atoms. The Morgan fingerprint density at radius 3 is 1.30 bits per heavy atom. The van der Waals surface area contributed by atoms with Gasteiger partial charge in [-0.05, 0) is 24.0 Å². The van der Waals surface area contributed by atoms with Crippen LogP contribution in [0.4, 0.5) is 0 Å². The Labute approximate surface area is 157 Å². The van der Waals surface area contributed by atoms with E-state index in [4.69, 9.17) is 0 Å². The van der Waals surface area contributed by atoms with Crippen molar-refractivity contribution in [3.63, 3.8) is 0 Å². The summed E-state index contributed by atoms with van der Waals surface area (Å²) in [5.74, 6) is -3.53. The van der Waals surface area contributed by atoms with E-state index in [0.717, 1.165) is 11.1 Å². The molecule has 0 aliphatic rings. The van der Waals surface area contributed by atoms with Gasteiger partial charge in [-0.2, -0.15) is 0 Å². The third-order valence-electron chi connectivity index (χ3n) is 3.67.